The second-order valence-corrected chi connectivity index (χ2v) is 12.4. The quantitative estimate of drug-likeness (QED) is 0.394. The lowest BCUT2D eigenvalue weighted by molar-refractivity contribution is -0.156. The number of Topliss-reactive ketones (excluding diaryl/α,β-unsaturated/α-hetero) is 1. The molecule has 0 spiro atoms. The molecule has 1 aromatic heterocycles. The van der Waals surface area contributed by atoms with Crippen molar-refractivity contribution < 1.29 is 34.4 Å². The molecule has 1 aromatic carbocycles. The van der Waals surface area contributed by atoms with Gasteiger partial charge in [-0.15, -0.1) is 0 Å². The number of carbonyl (C=O) groups excluding carboxylic acids is 2. The van der Waals surface area contributed by atoms with Gasteiger partial charge in [0.25, 0.3) is 0 Å². The van der Waals surface area contributed by atoms with Crippen LogP contribution in [0, 0.1) is 24.2 Å². The average Bonchev–Trinajstić information content (AvgIpc) is 3.41. The predicted molar refractivity (Wildman–Crippen MR) is 146 cm³/mol. The summed E-state index contributed by atoms with van der Waals surface area (Å²) in [6, 6.07) is 5.73. The Hall–Kier alpha value is -2.33. The van der Waals surface area contributed by atoms with E-state index in [1.54, 1.807) is 20.8 Å². The summed E-state index contributed by atoms with van der Waals surface area (Å²) >= 11 is 0. The number of hydrogen-bond donors (Lipinski definition) is 3. The molecule has 9 nitrogen and oxygen atoms in total. The van der Waals surface area contributed by atoms with Crippen molar-refractivity contribution in [1.29, 1.82) is 0 Å². The highest BCUT2D eigenvalue weighted by Gasteiger charge is 2.53. The molecule has 0 amide bonds. The second kappa shape index (κ2) is 11.3. The Balaban J connectivity index is 1.63. The smallest absolute Gasteiger partial charge is 0.309 e. The van der Waals surface area contributed by atoms with Crippen molar-refractivity contribution >= 4 is 22.8 Å². The Morgan fingerprint density at radius 3 is 2.56 bits per heavy atom. The summed E-state index contributed by atoms with van der Waals surface area (Å²) in [5, 5.41) is 31.3. The SMILES string of the molecule is Cc1nc2cc(C3CC4O[C@]4(C)CCC[C@H](C)C(O)[C@@H](C)C(=O)C(C)(C)C(O)CC(=O)O3)ccc2n1CCO. The van der Waals surface area contributed by atoms with Gasteiger partial charge in [-0.2, -0.15) is 0 Å². The largest absolute Gasteiger partial charge is 0.457 e. The van der Waals surface area contributed by atoms with Gasteiger partial charge in [-0.1, -0.05) is 40.2 Å². The van der Waals surface area contributed by atoms with Crippen LogP contribution in [0.3, 0.4) is 0 Å². The summed E-state index contributed by atoms with van der Waals surface area (Å²) in [5.41, 5.74) is 0.824. The highest BCUT2D eigenvalue weighted by Crippen LogP contribution is 2.46. The van der Waals surface area contributed by atoms with E-state index in [-0.39, 0.29) is 36.4 Å². The normalized spacial score (nSPS) is 34.5. The topological polar surface area (TPSA) is 134 Å². The zero-order valence-corrected chi connectivity index (χ0v) is 24.0. The molecule has 2 aromatic rings. The summed E-state index contributed by atoms with van der Waals surface area (Å²) in [5.74, 6) is -0.867. The first-order valence-electron chi connectivity index (χ1n) is 14.1. The average molecular weight is 545 g/mol. The minimum absolute atomic E-state index is 0.00356. The number of epoxide rings is 1. The van der Waals surface area contributed by atoms with Gasteiger partial charge in [0.15, 0.2) is 0 Å². The molecule has 39 heavy (non-hydrogen) atoms. The third-order valence-corrected chi connectivity index (χ3v) is 9.07. The number of fused-ring (bicyclic) bond motifs is 2. The van der Waals surface area contributed by atoms with Crippen LogP contribution in [0.1, 0.15) is 84.2 Å². The maximum Gasteiger partial charge on any atom is 0.309 e. The molecule has 2 fully saturated rings. The summed E-state index contributed by atoms with van der Waals surface area (Å²) in [7, 11) is 0. The molecule has 4 unspecified atom stereocenters. The highest BCUT2D eigenvalue weighted by molar-refractivity contribution is 5.88. The van der Waals surface area contributed by atoms with Gasteiger partial charge in [0, 0.05) is 18.9 Å². The molecule has 0 bridgehead atoms. The zero-order valence-electron chi connectivity index (χ0n) is 24.0. The lowest BCUT2D eigenvalue weighted by Gasteiger charge is -2.34. The minimum Gasteiger partial charge on any atom is -0.457 e. The first-order chi connectivity index (χ1) is 18.3. The van der Waals surface area contributed by atoms with Crippen LogP contribution in [-0.2, 0) is 25.6 Å². The predicted octanol–water partition coefficient (Wildman–Crippen LogP) is 3.63. The van der Waals surface area contributed by atoms with Crippen molar-refractivity contribution in [2.45, 2.75) is 110 Å². The van der Waals surface area contributed by atoms with E-state index in [2.05, 4.69) is 11.9 Å². The van der Waals surface area contributed by atoms with Crippen LogP contribution < -0.4 is 0 Å². The van der Waals surface area contributed by atoms with E-state index in [1.165, 1.54) is 0 Å². The summed E-state index contributed by atoms with van der Waals surface area (Å²) in [4.78, 5) is 31.1. The number of esters is 1. The highest BCUT2D eigenvalue weighted by atomic mass is 16.6. The minimum atomic E-state index is -1.27. The Morgan fingerprint density at radius 2 is 1.87 bits per heavy atom. The van der Waals surface area contributed by atoms with Crippen LogP contribution >= 0.6 is 0 Å². The number of imidazole rings is 1. The van der Waals surface area contributed by atoms with E-state index in [0.29, 0.717) is 13.0 Å². The Morgan fingerprint density at radius 1 is 1.15 bits per heavy atom. The van der Waals surface area contributed by atoms with Crippen molar-refractivity contribution in [3.63, 3.8) is 0 Å². The summed E-state index contributed by atoms with van der Waals surface area (Å²) < 4.78 is 14.0. The number of aliphatic hydroxyl groups excluding tert-OH is 3. The van der Waals surface area contributed by atoms with E-state index in [0.717, 1.165) is 41.7 Å². The molecular weight excluding hydrogens is 500 g/mol. The number of cyclic esters (lactones) is 1. The van der Waals surface area contributed by atoms with Crippen molar-refractivity contribution in [2.24, 2.45) is 17.3 Å². The molecule has 216 valence electrons. The van der Waals surface area contributed by atoms with Gasteiger partial charge in [0.05, 0.1) is 53.4 Å². The Bertz CT molecular complexity index is 1210. The number of ether oxygens (including phenoxy) is 2. The lowest BCUT2D eigenvalue weighted by Crippen LogP contribution is -2.45. The van der Waals surface area contributed by atoms with Crippen molar-refractivity contribution in [3.05, 3.63) is 29.6 Å². The summed E-state index contributed by atoms with van der Waals surface area (Å²) in [6.45, 7) is 11.3. The number of hydrogen-bond acceptors (Lipinski definition) is 8. The third-order valence-electron chi connectivity index (χ3n) is 9.07. The van der Waals surface area contributed by atoms with Crippen LogP contribution in [0.2, 0.25) is 0 Å². The van der Waals surface area contributed by atoms with Crippen LogP contribution in [0.15, 0.2) is 18.2 Å². The lowest BCUT2D eigenvalue weighted by atomic mass is 9.73. The number of ketones is 1. The molecule has 3 N–H and O–H groups in total. The van der Waals surface area contributed by atoms with Gasteiger partial charge in [0.1, 0.15) is 17.7 Å². The molecule has 4 rings (SSSR count). The van der Waals surface area contributed by atoms with Crippen molar-refractivity contribution in [1.82, 2.24) is 9.55 Å². The molecule has 2 aliphatic heterocycles. The van der Waals surface area contributed by atoms with E-state index in [1.807, 2.05) is 36.6 Å². The molecule has 2 aliphatic rings. The fourth-order valence-corrected chi connectivity index (χ4v) is 6.07. The Kier molecular flexibility index (Phi) is 8.57. The monoisotopic (exact) mass is 544 g/mol. The van der Waals surface area contributed by atoms with E-state index in [9.17, 15) is 24.9 Å². The fourth-order valence-electron chi connectivity index (χ4n) is 6.07. The molecule has 0 saturated carbocycles. The maximum atomic E-state index is 13.3. The molecule has 9 heteroatoms. The van der Waals surface area contributed by atoms with Crippen LogP contribution in [0.25, 0.3) is 11.0 Å². The van der Waals surface area contributed by atoms with Crippen LogP contribution in [0.5, 0.6) is 0 Å². The van der Waals surface area contributed by atoms with E-state index >= 15 is 0 Å². The van der Waals surface area contributed by atoms with E-state index < -0.39 is 35.6 Å². The maximum absolute atomic E-state index is 13.3. The number of nitrogens with zero attached hydrogens (tertiary/aromatic N) is 2. The number of aromatic nitrogens is 2. The molecule has 0 aliphatic carbocycles. The molecular formula is C30H44N2O7. The number of aliphatic hydroxyl groups is 3. The van der Waals surface area contributed by atoms with Gasteiger partial charge < -0.3 is 29.4 Å². The molecule has 7 atom stereocenters. The third kappa shape index (κ3) is 6.06. The Labute approximate surface area is 230 Å². The number of carbonyl (C=O) groups is 2. The van der Waals surface area contributed by atoms with Crippen LogP contribution in [-0.4, -0.2) is 67.1 Å². The van der Waals surface area contributed by atoms with Gasteiger partial charge >= 0.3 is 5.97 Å². The second-order valence-electron chi connectivity index (χ2n) is 12.4. The first kappa shape index (κ1) is 29.6. The van der Waals surface area contributed by atoms with Gasteiger partial charge in [-0.25, -0.2) is 4.98 Å². The molecule has 0 radical (unpaired) electrons. The fraction of sp³-hybridized carbons (Fsp3) is 0.700. The first-order valence-corrected chi connectivity index (χ1v) is 14.1. The van der Waals surface area contributed by atoms with Gasteiger partial charge in [-0.3, -0.25) is 9.59 Å². The van der Waals surface area contributed by atoms with Crippen LogP contribution in [0.4, 0.5) is 0 Å². The zero-order chi connectivity index (χ0) is 28.7. The van der Waals surface area contributed by atoms with Crippen molar-refractivity contribution in [3.8, 4) is 0 Å². The molecule has 2 saturated heterocycles. The number of aryl methyl sites for hydroxylation is 1. The van der Waals surface area contributed by atoms with Gasteiger partial charge in [-0.05, 0) is 50.3 Å². The van der Waals surface area contributed by atoms with Gasteiger partial charge in [0.2, 0.25) is 0 Å². The summed E-state index contributed by atoms with van der Waals surface area (Å²) in [6.07, 6.45) is -0.333. The standard InChI is InChI=1S/C30H44N2O7/c1-17-8-7-11-30(6)25(39-30)15-23(20-9-10-22-21(14-20)31-19(3)32(22)12-13-33)38-26(35)16-24(34)29(4,5)28(37)18(2)27(17)36/h9-10,14,17-18,23-25,27,33-34,36H,7-8,11-13,15-16H2,1-6H3/t17-,18+,23?,24?,25?,27?,30+/m0/s1. The van der Waals surface area contributed by atoms with E-state index in [4.69, 9.17) is 9.47 Å². The number of benzene rings is 1. The number of rotatable bonds is 3. The molecule has 3 heterocycles. The van der Waals surface area contributed by atoms with Crippen molar-refractivity contribution in [2.75, 3.05) is 6.61 Å².